The van der Waals surface area contributed by atoms with Gasteiger partial charge in [-0.05, 0) is 191 Å². The number of likely N-dealkylation sites (N-methyl/N-ethyl adjacent to an activating group) is 2. The number of aliphatic hydroxyl groups excluding tert-OH is 5. The van der Waals surface area contributed by atoms with Gasteiger partial charge in [-0.3, -0.25) is 37.7 Å². The molecule has 31 nitrogen and oxygen atoms in total. The molecule has 18 atom stereocenters. The number of unbranched alkanes of at least 4 members (excludes halogenated alkanes) is 9. The number of carbonyl (C=O) groups is 7. The van der Waals surface area contributed by atoms with Gasteiger partial charge in [0.25, 0.3) is 10.1 Å². The first-order valence-electron chi connectivity index (χ1n) is 41.3. The van der Waals surface area contributed by atoms with E-state index in [0.717, 1.165) is 106 Å². The van der Waals surface area contributed by atoms with Crippen molar-refractivity contribution in [2.24, 2.45) is 17.8 Å². The number of rotatable bonds is 35. The molecule has 0 bridgehead atoms. The number of ether oxygens (including phenoxy) is 9. The van der Waals surface area contributed by atoms with Gasteiger partial charge in [0.1, 0.15) is 30.0 Å². The third kappa shape index (κ3) is 41.6. The lowest BCUT2D eigenvalue weighted by atomic mass is 9.77. The minimum atomic E-state index is -3.47. The minimum absolute atomic E-state index is 0.000198. The molecule has 0 unspecified atom stereocenters. The highest BCUT2D eigenvalue weighted by Crippen LogP contribution is 2.40. The van der Waals surface area contributed by atoms with E-state index >= 15 is 0 Å². The van der Waals surface area contributed by atoms with E-state index < -0.39 is 106 Å². The summed E-state index contributed by atoms with van der Waals surface area (Å²) < 4.78 is 77.5. The monoisotopic (exact) mass is 1730 g/mol. The Morgan fingerprint density at radius 1 is 0.630 bits per heavy atom. The molecule has 680 valence electrons. The van der Waals surface area contributed by atoms with E-state index in [-0.39, 0.29) is 92.1 Å². The van der Waals surface area contributed by atoms with Crippen LogP contribution in [0.15, 0.2) is 72.8 Å². The van der Waals surface area contributed by atoms with Crippen molar-refractivity contribution >= 4 is 79.7 Å². The SMILES string of the molecule is CC[C@H]1OC(=O)[C@H](C)[C@H](O[C@@H]2C[C@@](C)(OC)[C@H](O)[C@H](C)O2)[C@H](C)[C@@H](O[C@@H]2O[C@H](C)C[C@H](NC)[C@@H]2O)[C@](C)(O)C[C@@H](C)CN(C)[C@H](C)[C@@H](O)[C@]1(C)O.COC(=O)CCCCCCC(=O)Cl.COC(=O)CCCCCCC(=O)Nc1ccc(CO)cc1.COC(=O)CCCCCCC(=O)Nc1ccc(COS(C)(=O)=O)cc1.Nc1ccc(CO)cc1. The van der Waals surface area contributed by atoms with Crippen molar-refractivity contribution in [3.8, 4) is 0 Å². The molecule has 3 fully saturated rings. The molecule has 119 heavy (non-hydrogen) atoms. The number of nitrogens with one attached hydrogen (secondary N) is 3. The summed E-state index contributed by atoms with van der Waals surface area (Å²) in [6, 6.07) is 20.2. The van der Waals surface area contributed by atoms with E-state index in [1.807, 2.05) is 32.7 Å². The molecule has 3 heterocycles. The van der Waals surface area contributed by atoms with Crippen LogP contribution in [0.25, 0.3) is 0 Å². The standard InChI is InChI=1S/C37H70N2O12.C17H25NO6S.C16H23NO4.C9H15ClO3.C7H9NO/c1-14-26-37(10,45)30(41)23(6)39(12)18-19(2)16-35(8,44)32(51-34-28(40)25(38-11)15-20(3)47-34)21(4)29(22(5)33(43)49-26)50-27-17-36(9,46-13)31(42)24(7)48-27;1-23-17(20)8-6-4-3-5-7-16(19)18-15-11-9-14(10-12-15)13-24-25(2,21)22;1-21-16(20)7-5-3-2-4-6-15(19)17-14-10-8-13(12-18)9-11-14;1-13-9(12)7-5-3-2-4-6-8(10)11;8-7-3-1-6(5-9)2-4-7/h19-32,34,38,40-42,44-45H,14-18H2,1-13H3;9-12H,3-8,13H2,1-2H3,(H,18,19);8-11,18H,2-7,12H2,1H3,(H,17,19);2-7H2,1H3;1-4,9H,5,8H2/t19-,20-,21+,22-,23-,24+,25+,26-,27-,28+,29-,30-,31-,32-,34+,35-,36-,37-;;;;/m1..../s1. The number of hydrogen-bond acceptors (Lipinski definition) is 29. The van der Waals surface area contributed by atoms with Gasteiger partial charge in [-0.1, -0.05) is 95.7 Å². The van der Waals surface area contributed by atoms with Gasteiger partial charge >= 0.3 is 23.9 Å². The lowest BCUT2D eigenvalue weighted by Crippen LogP contribution is -2.60. The second-order valence-electron chi connectivity index (χ2n) is 31.9. The molecule has 33 heteroatoms. The van der Waals surface area contributed by atoms with Gasteiger partial charge < -0.3 is 105 Å². The summed E-state index contributed by atoms with van der Waals surface area (Å²) >= 11 is 5.15. The first-order chi connectivity index (χ1) is 56.0. The molecule has 12 N–H and O–H groups in total. The second kappa shape index (κ2) is 56.4. The number of esters is 4. The smallest absolute Gasteiger partial charge is 0.311 e. The lowest BCUT2D eigenvalue weighted by molar-refractivity contribution is -0.316. The molecule has 2 amide bonds. The number of halogens is 1. The van der Waals surface area contributed by atoms with E-state index in [0.29, 0.717) is 62.7 Å². The minimum Gasteiger partial charge on any atom is -0.469 e. The number of aliphatic hydroxyl groups is 7. The number of hydrogen-bond donors (Lipinski definition) is 11. The van der Waals surface area contributed by atoms with Crippen LogP contribution < -0.4 is 21.7 Å². The molecule has 3 aliphatic heterocycles. The Hall–Kier alpha value is -6.41. The number of amides is 2. The normalized spacial score (nSPS) is 27.4. The van der Waals surface area contributed by atoms with Gasteiger partial charge in [-0.2, -0.15) is 8.42 Å². The zero-order chi connectivity index (χ0) is 89.8. The summed E-state index contributed by atoms with van der Waals surface area (Å²) in [6.07, 6.45) is 5.67. The van der Waals surface area contributed by atoms with Crippen LogP contribution in [-0.2, 0) is 110 Å². The molecule has 0 aromatic heterocycles. The molecular formula is C86H142ClN5O26S. The average Bonchev–Trinajstić information content (AvgIpc) is 1.20. The van der Waals surface area contributed by atoms with Crippen molar-refractivity contribution in [2.45, 2.75) is 321 Å². The maximum atomic E-state index is 14.2. The fourth-order valence-electron chi connectivity index (χ4n) is 14.2. The fraction of sp³-hybridized carbons (Fsp3) is 0.709. The largest absolute Gasteiger partial charge is 0.469 e. The maximum absolute atomic E-state index is 14.2. The summed E-state index contributed by atoms with van der Waals surface area (Å²) in [5.41, 5.74) is 5.56. The Balaban J connectivity index is 0.000000582. The lowest BCUT2D eigenvalue weighted by Gasteiger charge is -2.48. The van der Waals surface area contributed by atoms with E-state index in [4.69, 9.17) is 60.2 Å². The summed E-state index contributed by atoms with van der Waals surface area (Å²) in [7, 11) is 5.78. The summed E-state index contributed by atoms with van der Waals surface area (Å²) in [5, 5.41) is 83.8. The van der Waals surface area contributed by atoms with Crippen LogP contribution in [0.2, 0.25) is 0 Å². The van der Waals surface area contributed by atoms with Gasteiger partial charge in [0.15, 0.2) is 12.6 Å². The molecule has 3 aromatic carbocycles. The molecule has 3 aliphatic rings. The fourth-order valence-corrected chi connectivity index (χ4v) is 14.7. The van der Waals surface area contributed by atoms with Crippen molar-refractivity contribution in [3.05, 3.63) is 89.5 Å². The van der Waals surface area contributed by atoms with Crippen molar-refractivity contribution in [3.63, 3.8) is 0 Å². The topological polar surface area (TPSA) is 453 Å². The van der Waals surface area contributed by atoms with Gasteiger partial charge in [-0.15, -0.1) is 0 Å². The van der Waals surface area contributed by atoms with Gasteiger partial charge in [0.05, 0.1) is 88.9 Å². The summed E-state index contributed by atoms with van der Waals surface area (Å²) in [6.45, 7) is 18.0. The van der Waals surface area contributed by atoms with E-state index in [9.17, 15) is 67.5 Å². The van der Waals surface area contributed by atoms with Crippen LogP contribution in [0.3, 0.4) is 0 Å². The number of nitrogens with two attached hydrogens (primary N) is 1. The van der Waals surface area contributed by atoms with E-state index in [2.05, 4.69) is 30.2 Å². The Labute approximate surface area is 710 Å². The molecule has 0 saturated carbocycles. The highest BCUT2D eigenvalue weighted by Gasteiger charge is 2.53. The summed E-state index contributed by atoms with van der Waals surface area (Å²) in [4.78, 5) is 82.5. The van der Waals surface area contributed by atoms with Crippen LogP contribution in [0.4, 0.5) is 17.1 Å². The number of benzene rings is 3. The van der Waals surface area contributed by atoms with Crippen LogP contribution >= 0.6 is 11.6 Å². The van der Waals surface area contributed by atoms with Gasteiger partial charge in [0, 0.05) is 93.7 Å². The Kier molecular flexibility index (Phi) is 51.5. The predicted molar refractivity (Wildman–Crippen MR) is 452 cm³/mol. The predicted octanol–water partition coefficient (Wildman–Crippen LogP) is 9.83. The number of cyclic esters (lactones) is 1. The quantitative estimate of drug-likeness (QED) is 0.00651. The van der Waals surface area contributed by atoms with Crippen LogP contribution in [0, 0.1) is 17.8 Å². The maximum Gasteiger partial charge on any atom is 0.311 e. The average molecular weight is 1730 g/mol. The molecule has 0 radical (unpaired) electrons. The molecule has 3 saturated heterocycles. The number of anilines is 3. The van der Waals surface area contributed by atoms with Crippen LogP contribution in [-0.4, -0.2) is 236 Å². The number of methoxy groups -OCH3 is 4. The van der Waals surface area contributed by atoms with Crippen molar-refractivity contribution in [2.75, 3.05) is 71.7 Å². The van der Waals surface area contributed by atoms with Crippen LogP contribution in [0.1, 0.15) is 227 Å². The zero-order valence-electron chi connectivity index (χ0n) is 73.2. The van der Waals surface area contributed by atoms with Crippen LogP contribution in [0.5, 0.6) is 0 Å². The first-order valence-corrected chi connectivity index (χ1v) is 43.5. The Morgan fingerprint density at radius 2 is 1.08 bits per heavy atom. The second-order valence-corrected chi connectivity index (χ2v) is 33.9. The number of carbonyl (C=O) groups excluding carboxylic acids is 7. The first kappa shape index (κ1) is 109. The molecule has 3 aromatic rings. The molecule has 0 spiro atoms. The summed E-state index contributed by atoms with van der Waals surface area (Å²) in [5.74, 6) is -3.23. The molecule has 6 rings (SSSR count). The number of nitrogen functional groups attached to an aromatic ring is 1. The Bertz CT molecular complexity index is 3530. The van der Waals surface area contributed by atoms with Gasteiger partial charge in [-0.25, -0.2) is 0 Å². The Morgan fingerprint density at radius 3 is 1.50 bits per heavy atom. The highest BCUT2D eigenvalue weighted by molar-refractivity contribution is 7.85. The molecular weight excluding hydrogens is 1590 g/mol. The van der Waals surface area contributed by atoms with E-state index in [1.165, 1.54) is 35.4 Å². The van der Waals surface area contributed by atoms with Crippen molar-refractivity contribution < 1.29 is 125 Å². The van der Waals surface area contributed by atoms with Crippen molar-refractivity contribution in [1.82, 2.24) is 10.2 Å². The van der Waals surface area contributed by atoms with Crippen molar-refractivity contribution in [1.29, 1.82) is 0 Å². The molecule has 0 aliphatic carbocycles. The van der Waals surface area contributed by atoms with E-state index in [1.54, 1.807) is 121 Å². The van der Waals surface area contributed by atoms with Gasteiger partial charge in [0.2, 0.25) is 17.1 Å². The number of nitrogens with zero attached hydrogens (tertiary/aromatic N) is 1. The highest BCUT2D eigenvalue weighted by atomic mass is 35.5. The third-order valence-electron chi connectivity index (χ3n) is 21.5. The third-order valence-corrected chi connectivity index (χ3v) is 22.2. The zero-order valence-corrected chi connectivity index (χ0v) is 74.7.